The molecule has 2 unspecified atom stereocenters. The number of likely N-dealkylation sites (N-methyl/N-ethyl adjacent to an activating group) is 1. The number of carboxylic acids is 1. The summed E-state index contributed by atoms with van der Waals surface area (Å²) in [6.07, 6.45) is 1.75. The van der Waals surface area contributed by atoms with Crippen molar-refractivity contribution in [3.05, 3.63) is 61.7 Å². The molecule has 0 fully saturated rings. The van der Waals surface area contributed by atoms with Crippen LogP contribution < -0.4 is 5.56 Å². The summed E-state index contributed by atoms with van der Waals surface area (Å²) < 4.78 is 21.9. The maximum absolute atomic E-state index is 14.9. The molecule has 0 bridgehead atoms. The first-order valence-electron chi connectivity index (χ1n) is 12.2. The van der Waals surface area contributed by atoms with Gasteiger partial charge in [0.15, 0.2) is 0 Å². The number of benzene rings is 1. The van der Waals surface area contributed by atoms with Crippen LogP contribution in [0.15, 0.2) is 16.9 Å². The fourth-order valence-electron chi connectivity index (χ4n) is 6.32. The molecule has 2 aliphatic heterocycles. The monoisotopic (exact) mass is 491 g/mol. The molecule has 36 heavy (non-hydrogen) atoms. The van der Waals surface area contributed by atoms with Crippen LogP contribution in [0.5, 0.6) is 0 Å². The first-order valence-corrected chi connectivity index (χ1v) is 12.2. The number of aliphatic carboxylic acids is 1. The first kappa shape index (κ1) is 22.8. The zero-order chi connectivity index (χ0) is 25.5. The molecule has 6 rings (SSSR count). The molecular formula is C27H26FN3O5. The third kappa shape index (κ3) is 3.08. The average molecular weight is 492 g/mol. The minimum Gasteiger partial charge on any atom is -0.480 e. The minimum atomic E-state index is -0.928. The van der Waals surface area contributed by atoms with Crippen molar-refractivity contribution < 1.29 is 23.8 Å². The number of aryl methyl sites for hydroxylation is 1. The molecule has 1 aromatic carbocycles. The Balaban J connectivity index is 1.65. The summed E-state index contributed by atoms with van der Waals surface area (Å²) in [5.74, 6) is -2.12. The Hall–Kier alpha value is -3.59. The van der Waals surface area contributed by atoms with E-state index in [2.05, 4.69) is 0 Å². The van der Waals surface area contributed by atoms with Gasteiger partial charge in [-0.3, -0.25) is 19.3 Å². The summed E-state index contributed by atoms with van der Waals surface area (Å²) in [5, 5.41) is 10.3. The molecule has 0 radical (unpaired) electrons. The molecule has 0 saturated heterocycles. The van der Waals surface area contributed by atoms with Crippen molar-refractivity contribution in [1.29, 1.82) is 0 Å². The number of cyclic esters (lactones) is 1. The molecule has 3 aromatic rings. The Morgan fingerprint density at radius 1 is 1.28 bits per heavy atom. The van der Waals surface area contributed by atoms with Crippen molar-refractivity contribution in [1.82, 2.24) is 14.5 Å². The lowest BCUT2D eigenvalue weighted by atomic mass is 9.81. The van der Waals surface area contributed by atoms with Gasteiger partial charge in [-0.25, -0.2) is 9.37 Å². The highest BCUT2D eigenvalue weighted by atomic mass is 19.1. The third-order valence-corrected chi connectivity index (χ3v) is 8.08. The van der Waals surface area contributed by atoms with E-state index in [0.717, 1.165) is 22.1 Å². The number of hydrogen-bond acceptors (Lipinski definition) is 6. The van der Waals surface area contributed by atoms with E-state index in [-0.39, 0.29) is 43.1 Å². The topological polar surface area (TPSA) is 102 Å². The third-order valence-electron chi connectivity index (χ3n) is 8.08. The van der Waals surface area contributed by atoms with E-state index >= 15 is 0 Å². The number of halogens is 1. The summed E-state index contributed by atoms with van der Waals surface area (Å²) in [6.45, 7) is 3.73. The molecular weight excluding hydrogens is 465 g/mol. The number of carbonyl (C=O) groups is 2. The van der Waals surface area contributed by atoms with Gasteiger partial charge in [0.1, 0.15) is 12.4 Å². The largest absolute Gasteiger partial charge is 0.480 e. The van der Waals surface area contributed by atoms with Crippen molar-refractivity contribution in [2.75, 3.05) is 13.6 Å². The molecule has 3 aliphatic rings. The fraction of sp³-hybridized carbons (Fsp3) is 0.407. The number of esters is 1. The number of fused-ring (bicyclic) bond motifs is 5. The molecule has 2 atom stereocenters. The van der Waals surface area contributed by atoms with Crippen LogP contribution >= 0.6 is 0 Å². The normalized spacial score (nSPS) is 19.8. The first-order chi connectivity index (χ1) is 17.2. The summed E-state index contributed by atoms with van der Waals surface area (Å²) in [5.41, 5.74) is 5.89. The van der Waals surface area contributed by atoms with Crippen molar-refractivity contribution in [3.63, 3.8) is 0 Å². The second-order valence-corrected chi connectivity index (χ2v) is 10.00. The maximum Gasteiger partial charge on any atom is 0.317 e. The quantitative estimate of drug-likeness (QED) is 0.437. The van der Waals surface area contributed by atoms with Crippen LogP contribution in [0.2, 0.25) is 0 Å². The zero-order valence-electron chi connectivity index (χ0n) is 20.4. The number of rotatable bonds is 4. The van der Waals surface area contributed by atoms with E-state index in [4.69, 9.17) is 9.72 Å². The standard InChI is InChI=1S/C27H26FN3O5/c1-4-13-15-7-21-25-16(9-31(21)26(34)17(15)11-36-27(13)35)24-20(30(3)10-22(32)33)6-5-14-12(2)18(28)8-19(29-25)23(14)24/h7-8,13,20H,4-6,9-11H2,1-3H3,(H,32,33). The SMILES string of the molecule is CCC1C(=O)OCc2c1cc1n(c2=O)Cc2c-1nc1cc(F)c(C)c3c1c2C(N(C)CC(=O)O)CC3. The molecule has 1 aliphatic carbocycles. The Morgan fingerprint density at radius 2 is 2.06 bits per heavy atom. The van der Waals surface area contributed by atoms with Crippen LogP contribution in [0, 0.1) is 12.7 Å². The second kappa shape index (κ2) is 7.96. The van der Waals surface area contributed by atoms with Crippen molar-refractivity contribution in [2.24, 2.45) is 0 Å². The Morgan fingerprint density at radius 3 is 2.78 bits per heavy atom. The van der Waals surface area contributed by atoms with Gasteiger partial charge in [-0.2, -0.15) is 0 Å². The average Bonchev–Trinajstić information content (AvgIpc) is 3.20. The Bertz CT molecular complexity index is 1560. The number of carbonyl (C=O) groups excluding carboxylic acids is 1. The van der Waals surface area contributed by atoms with E-state index in [0.29, 0.717) is 52.9 Å². The van der Waals surface area contributed by atoms with Crippen LogP contribution in [0.3, 0.4) is 0 Å². The molecule has 8 nitrogen and oxygen atoms in total. The smallest absolute Gasteiger partial charge is 0.317 e. The predicted octanol–water partition coefficient (Wildman–Crippen LogP) is 3.43. The van der Waals surface area contributed by atoms with Crippen molar-refractivity contribution in [2.45, 2.75) is 58.2 Å². The van der Waals surface area contributed by atoms with Gasteiger partial charge in [0.2, 0.25) is 0 Å². The molecule has 9 heteroatoms. The Labute approximate surface area is 206 Å². The van der Waals surface area contributed by atoms with E-state index < -0.39 is 11.9 Å². The van der Waals surface area contributed by atoms with E-state index in [1.807, 2.05) is 13.0 Å². The number of aromatic nitrogens is 2. The second-order valence-electron chi connectivity index (χ2n) is 10.00. The molecule has 4 heterocycles. The molecule has 0 amide bonds. The van der Waals surface area contributed by atoms with Crippen LogP contribution in [0.1, 0.15) is 65.1 Å². The predicted molar refractivity (Wildman–Crippen MR) is 129 cm³/mol. The van der Waals surface area contributed by atoms with Gasteiger partial charge in [-0.05, 0) is 61.6 Å². The number of nitrogens with zero attached hydrogens (tertiary/aromatic N) is 3. The van der Waals surface area contributed by atoms with Gasteiger partial charge >= 0.3 is 11.9 Å². The highest BCUT2D eigenvalue weighted by Crippen LogP contribution is 2.46. The van der Waals surface area contributed by atoms with E-state index in [1.165, 1.54) is 6.07 Å². The Kier molecular flexibility index (Phi) is 5.05. The molecule has 0 spiro atoms. The van der Waals surface area contributed by atoms with Gasteiger partial charge in [0.25, 0.3) is 5.56 Å². The molecule has 0 saturated carbocycles. The van der Waals surface area contributed by atoms with Gasteiger partial charge in [-0.1, -0.05) is 6.92 Å². The lowest BCUT2D eigenvalue weighted by Crippen LogP contribution is -2.33. The number of pyridine rings is 2. The van der Waals surface area contributed by atoms with Gasteiger partial charge in [0.05, 0.1) is 41.5 Å². The van der Waals surface area contributed by atoms with E-state index in [9.17, 15) is 23.9 Å². The number of carboxylic acid groups (broad SMARTS) is 1. The lowest BCUT2D eigenvalue weighted by Gasteiger charge is -2.34. The van der Waals surface area contributed by atoms with Crippen molar-refractivity contribution >= 4 is 22.8 Å². The maximum atomic E-state index is 14.9. The van der Waals surface area contributed by atoms with Gasteiger partial charge < -0.3 is 14.4 Å². The van der Waals surface area contributed by atoms with Crippen LogP contribution in [-0.4, -0.2) is 45.1 Å². The van der Waals surface area contributed by atoms with E-state index in [1.54, 1.807) is 23.4 Å². The number of ether oxygens (including phenoxy) is 1. The molecule has 1 N–H and O–H groups in total. The lowest BCUT2D eigenvalue weighted by molar-refractivity contribution is -0.148. The zero-order valence-corrected chi connectivity index (χ0v) is 20.4. The minimum absolute atomic E-state index is 0.0546. The number of hydrogen-bond donors (Lipinski definition) is 1. The van der Waals surface area contributed by atoms with Crippen LogP contribution in [0.4, 0.5) is 4.39 Å². The van der Waals surface area contributed by atoms with Crippen molar-refractivity contribution in [3.8, 4) is 11.4 Å². The summed E-state index contributed by atoms with van der Waals surface area (Å²) in [6, 6.07) is 3.08. The van der Waals surface area contributed by atoms with Crippen LogP contribution in [-0.2, 0) is 33.9 Å². The van der Waals surface area contributed by atoms with Crippen LogP contribution in [0.25, 0.3) is 22.3 Å². The summed E-state index contributed by atoms with van der Waals surface area (Å²) in [4.78, 5) is 44.2. The molecule has 186 valence electrons. The highest BCUT2D eigenvalue weighted by Gasteiger charge is 2.38. The summed E-state index contributed by atoms with van der Waals surface area (Å²) in [7, 11) is 1.78. The highest BCUT2D eigenvalue weighted by molar-refractivity contribution is 5.93. The van der Waals surface area contributed by atoms with Gasteiger partial charge in [-0.15, -0.1) is 0 Å². The summed E-state index contributed by atoms with van der Waals surface area (Å²) >= 11 is 0. The molecule has 2 aromatic heterocycles. The fourth-order valence-corrected chi connectivity index (χ4v) is 6.32. The van der Waals surface area contributed by atoms with Gasteiger partial charge in [0, 0.05) is 23.1 Å².